The first-order valence-electron chi connectivity index (χ1n) is 10.1. The third-order valence-electron chi connectivity index (χ3n) is 6.18. The van der Waals surface area contributed by atoms with Crippen LogP contribution in [0.5, 0.6) is 0 Å². The number of likely N-dealkylation sites (tertiary alicyclic amines) is 1. The van der Waals surface area contributed by atoms with Gasteiger partial charge in [0.25, 0.3) is 5.91 Å². The lowest BCUT2D eigenvalue weighted by Crippen LogP contribution is -2.36. The molecule has 0 unspecified atom stereocenters. The number of anilines is 1. The van der Waals surface area contributed by atoms with Gasteiger partial charge in [-0.3, -0.25) is 9.78 Å². The summed E-state index contributed by atoms with van der Waals surface area (Å²) in [6.45, 7) is 4.25. The molecule has 0 bridgehead atoms. The van der Waals surface area contributed by atoms with Crippen molar-refractivity contribution in [1.82, 2.24) is 19.9 Å². The molecule has 1 aromatic carbocycles. The average molecular weight is 403 g/mol. The number of aromatic nitrogens is 3. The molecule has 2 fully saturated rings. The van der Waals surface area contributed by atoms with Crippen molar-refractivity contribution in [2.24, 2.45) is 11.8 Å². The molecule has 2 aromatic heterocycles. The number of hydrogen-bond acceptors (Lipinski definition) is 5. The van der Waals surface area contributed by atoms with Crippen LogP contribution in [0.15, 0.2) is 61.2 Å². The van der Waals surface area contributed by atoms with Crippen LogP contribution in [0.2, 0.25) is 0 Å². The van der Waals surface area contributed by atoms with Crippen LogP contribution in [-0.2, 0) is 0 Å². The molecular weight excluding hydrogens is 381 g/mol. The maximum Gasteiger partial charge on any atom is 0.274 e. The van der Waals surface area contributed by atoms with Crippen LogP contribution in [-0.4, -0.2) is 45.4 Å². The van der Waals surface area contributed by atoms with Crippen LogP contribution in [0.25, 0.3) is 0 Å². The molecule has 152 valence electrons. The Balaban J connectivity index is 1.49. The van der Waals surface area contributed by atoms with Gasteiger partial charge in [-0.25, -0.2) is 14.4 Å². The lowest BCUT2D eigenvalue weighted by molar-refractivity contribution is 0.0709. The molecule has 0 N–H and O–H groups in total. The molecule has 2 aliphatic heterocycles. The zero-order valence-electron chi connectivity index (χ0n) is 16.6. The second-order valence-corrected chi connectivity index (χ2v) is 8.02. The van der Waals surface area contributed by atoms with Crippen LogP contribution in [0, 0.1) is 24.6 Å². The van der Waals surface area contributed by atoms with Gasteiger partial charge in [-0.1, -0.05) is 18.2 Å². The van der Waals surface area contributed by atoms with E-state index < -0.39 is 0 Å². The minimum atomic E-state index is -0.293. The highest BCUT2D eigenvalue weighted by molar-refractivity contribution is 5.92. The van der Waals surface area contributed by atoms with Crippen molar-refractivity contribution in [2.75, 3.05) is 24.5 Å². The van der Waals surface area contributed by atoms with Gasteiger partial charge in [0.1, 0.15) is 17.3 Å². The van der Waals surface area contributed by atoms with Crippen molar-refractivity contribution < 1.29 is 9.18 Å². The molecule has 0 spiro atoms. The van der Waals surface area contributed by atoms with Crippen LogP contribution >= 0.6 is 0 Å². The van der Waals surface area contributed by atoms with Crippen LogP contribution < -0.4 is 4.90 Å². The number of pyridine rings is 1. The summed E-state index contributed by atoms with van der Waals surface area (Å²) in [5.41, 5.74) is 2.27. The van der Waals surface area contributed by atoms with E-state index in [2.05, 4.69) is 32.8 Å². The second-order valence-electron chi connectivity index (χ2n) is 8.02. The van der Waals surface area contributed by atoms with Crippen LogP contribution in [0.1, 0.15) is 27.7 Å². The second kappa shape index (κ2) is 7.48. The van der Waals surface area contributed by atoms with Gasteiger partial charge in [0, 0.05) is 50.1 Å². The molecule has 30 heavy (non-hydrogen) atoms. The summed E-state index contributed by atoms with van der Waals surface area (Å²) in [5.74, 6) is 0.997. The molecule has 0 aliphatic carbocycles. The van der Waals surface area contributed by atoms with E-state index in [0.29, 0.717) is 12.2 Å². The topological polar surface area (TPSA) is 62.2 Å². The molecule has 7 heteroatoms. The maximum atomic E-state index is 14.1. The van der Waals surface area contributed by atoms with E-state index in [-0.39, 0.29) is 29.6 Å². The summed E-state index contributed by atoms with van der Waals surface area (Å²) in [7, 11) is 0. The SMILES string of the molecule is Cc1cccnc1N1C[C@H]2CN(C(=O)c3cnccn3)[C@H](c3cccc(F)c3)[C@H]2C1. The number of fused-ring (bicyclic) bond motifs is 1. The van der Waals surface area contributed by atoms with E-state index in [9.17, 15) is 9.18 Å². The Hall–Kier alpha value is -3.35. The molecule has 3 aromatic rings. The van der Waals surface area contributed by atoms with Crippen molar-refractivity contribution in [2.45, 2.75) is 13.0 Å². The first-order chi connectivity index (χ1) is 14.6. The Kier molecular flexibility index (Phi) is 4.65. The zero-order valence-corrected chi connectivity index (χ0v) is 16.6. The Morgan fingerprint density at radius 3 is 2.73 bits per heavy atom. The average Bonchev–Trinajstić information content (AvgIpc) is 3.32. The highest BCUT2D eigenvalue weighted by Gasteiger charge is 2.50. The summed E-state index contributed by atoms with van der Waals surface area (Å²) < 4.78 is 14.1. The van der Waals surface area contributed by atoms with E-state index in [4.69, 9.17) is 0 Å². The molecule has 1 amide bonds. The lowest BCUT2D eigenvalue weighted by atomic mass is 9.89. The summed E-state index contributed by atoms with van der Waals surface area (Å²) in [4.78, 5) is 30.2. The van der Waals surface area contributed by atoms with Crippen molar-refractivity contribution in [3.05, 3.63) is 83.8 Å². The highest BCUT2D eigenvalue weighted by atomic mass is 19.1. The number of nitrogens with zero attached hydrogens (tertiary/aromatic N) is 5. The molecule has 2 saturated heterocycles. The highest BCUT2D eigenvalue weighted by Crippen LogP contribution is 2.46. The summed E-state index contributed by atoms with van der Waals surface area (Å²) in [6.07, 6.45) is 6.37. The van der Waals surface area contributed by atoms with Crippen molar-refractivity contribution >= 4 is 11.7 Å². The van der Waals surface area contributed by atoms with Crippen LogP contribution in [0.4, 0.5) is 10.2 Å². The molecule has 4 heterocycles. The first-order valence-corrected chi connectivity index (χ1v) is 10.1. The fourth-order valence-corrected chi connectivity index (χ4v) is 4.91. The lowest BCUT2D eigenvalue weighted by Gasteiger charge is -2.30. The van der Waals surface area contributed by atoms with E-state index >= 15 is 0 Å². The largest absolute Gasteiger partial charge is 0.356 e. The van der Waals surface area contributed by atoms with E-state index in [1.165, 1.54) is 18.5 Å². The maximum absolute atomic E-state index is 14.1. The number of aryl methyl sites for hydroxylation is 1. The van der Waals surface area contributed by atoms with E-state index in [0.717, 1.165) is 30.0 Å². The van der Waals surface area contributed by atoms with Crippen molar-refractivity contribution in [3.63, 3.8) is 0 Å². The number of rotatable bonds is 3. The minimum Gasteiger partial charge on any atom is -0.356 e. The zero-order chi connectivity index (χ0) is 20.7. The van der Waals surface area contributed by atoms with Crippen molar-refractivity contribution in [3.8, 4) is 0 Å². The monoisotopic (exact) mass is 403 g/mol. The van der Waals surface area contributed by atoms with E-state index in [1.54, 1.807) is 18.3 Å². The van der Waals surface area contributed by atoms with Gasteiger partial charge < -0.3 is 9.80 Å². The number of hydrogen-bond donors (Lipinski definition) is 0. The Labute approximate surface area is 174 Å². The molecule has 0 radical (unpaired) electrons. The number of halogens is 1. The standard InChI is InChI=1S/C23H22FN5O/c1-15-4-3-7-27-22(15)28-12-17-13-29(23(30)20-11-25-8-9-26-20)21(19(17)14-28)16-5-2-6-18(24)10-16/h2-11,17,19,21H,12-14H2,1H3/t17-,19-,21+/m0/s1. The van der Waals surface area contributed by atoms with Gasteiger partial charge in [0.2, 0.25) is 0 Å². The normalized spacial score (nSPS) is 22.9. The minimum absolute atomic E-state index is 0.160. The van der Waals surface area contributed by atoms with Gasteiger partial charge in [-0.15, -0.1) is 0 Å². The van der Waals surface area contributed by atoms with Crippen LogP contribution in [0.3, 0.4) is 0 Å². The summed E-state index contributed by atoms with van der Waals surface area (Å²) in [5, 5.41) is 0. The number of amides is 1. The van der Waals surface area contributed by atoms with Crippen molar-refractivity contribution in [1.29, 1.82) is 0 Å². The van der Waals surface area contributed by atoms with Gasteiger partial charge in [-0.05, 0) is 36.2 Å². The van der Waals surface area contributed by atoms with Gasteiger partial charge in [0.15, 0.2) is 0 Å². The Morgan fingerprint density at radius 1 is 1.07 bits per heavy atom. The number of benzene rings is 1. The summed E-state index contributed by atoms with van der Waals surface area (Å²) >= 11 is 0. The third-order valence-corrected chi connectivity index (χ3v) is 6.18. The predicted octanol–water partition coefficient (Wildman–Crippen LogP) is 3.27. The Bertz CT molecular complexity index is 1080. The molecule has 0 saturated carbocycles. The number of carbonyl (C=O) groups is 1. The Morgan fingerprint density at radius 2 is 1.97 bits per heavy atom. The molecular formula is C23H22FN5O. The third kappa shape index (κ3) is 3.20. The molecule has 2 aliphatic rings. The van der Waals surface area contributed by atoms with Gasteiger partial charge >= 0.3 is 0 Å². The fraction of sp³-hybridized carbons (Fsp3) is 0.304. The smallest absolute Gasteiger partial charge is 0.274 e. The van der Waals surface area contributed by atoms with Gasteiger partial charge in [0.05, 0.1) is 12.2 Å². The van der Waals surface area contributed by atoms with Gasteiger partial charge in [-0.2, -0.15) is 0 Å². The molecule has 3 atom stereocenters. The fourth-order valence-electron chi connectivity index (χ4n) is 4.91. The quantitative estimate of drug-likeness (QED) is 0.672. The predicted molar refractivity (Wildman–Crippen MR) is 110 cm³/mol. The molecule has 6 nitrogen and oxygen atoms in total. The summed E-state index contributed by atoms with van der Waals surface area (Å²) in [6, 6.07) is 10.4. The first kappa shape index (κ1) is 18.7. The number of carbonyl (C=O) groups excluding carboxylic acids is 1. The molecule has 5 rings (SSSR count). The van der Waals surface area contributed by atoms with E-state index in [1.807, 2.05) is 23.2 Å².